The molecule has 0 aliphatic carbocycles. The van der Waals surface area contributed by atoms with E-state index in [4.69, 9.17) is 19.4 Å². The Morgan fingerprint density at radius 3 is 1.80 bits per heavy atom. The average Bonchev–Trinajstić information content (AvgIpc) is 3.84. The van der Waals surface area contributed by atoms with E-state index in [1.165, 1.54) is 16.3 Å². The van der Waals surface area contributed by atoms with Gasteiger partial charge in [-0.1, -0.05) is 152 Å². The van der Waals surface area contributed by atoms with Gasteiger partial charge in [-0.15, -0.1) is 0 Å². The summed E-state index contributed by atoms with van der Waals surface area (Å²) < 4.78 is 9.02. The van der Waals surface area contributed by atoms with Gasteiger partial charge in [-0.25, -0.2) is 4.98 Å². The van der Waals surface area contributed by atoms with E-state index in [-0.39, 0.29) is 0 Å². The molecule has 278 valence electrons. The minimum Gasteiger partial charge on any atom is -0.455 e. The van der Waals surface area contributed by atoms with Gasteiger partial charge in [-0.3, -0.25) is 4.57 Å². The quantitative estimate of drug-likeness (QED) is 0.179. The van der Waals surface area contributed by atoms with Gasteiger partial charge < -0.3 is 4.42 Å². The van der Waals surface area contributed by atoms with E-state index in [1.807, 2.05) is 0 Å². The summed E-state index contributed by atoms with van der Waals surface area (Å²) in [5.74, 6) is 1.66. The molecule has 13 rings (SSSR count). The summed E-state index contributed by atoms with van der Waals surface area (Å²) in [5.41, 5.74) is 7.70. The zero-order chi connectivity index (χ0) is 39.3. The van der Waals surface area contributed by atoms with Crippen molar-refractivity contribution >= 4 is 86.8 Å². The number of para-hydroxylation sites is 1. The van der Waals surface area contributed by atoms with Crippen molar-refractivity contribution in [3.63, 3.8) is 0 Å². The third-order valence-electron chi connectivity index (χ3n) is 12.2. The van der Waals surface area contributed by atoms with E-state index < -0.39 is 0 Å². The maximum atomic E-state index is 6.77. The van der Waals surface area contributed by atoms with Crippen LogP contribution in [0.4, 0.5) is 0 Å². The average molecular weight is 765 g/mol. The first-order valence-electron chi connectivity index (χ1n) is 20.3. The minimum atomic E-state index is 0.540. The van der Waals surface area contributed by atoms with Gasteiger partial charge in [0.25, 0.3) is 0 Å². The van der Waals surface area contributed by atoms with Gasteiger partial charge in [-0.05, 0) is 91.3 Å². The van der Waals surface area contributed by atoms with Crippen LogP contribution in [0.1, 0.15) is 0 Å². The number of benzene rings is 10. The molecule has 60 heavy (non-hydrogen) atoms. The van der Waals surface area contributed by atoms with Gasteiger partial charge >= 0.3 is 0 Å². The number of furan rings is 1. The number of nitrogens with zero attached hydrogens (tertiary/aromatic N) is 4. The number of fused-ring (bicyclic) bond motifs is 11. The third kappa shape index (κ3) is 5.03. The fourth-order valence-electron chi connectivity index (χ4n) is 9.24. The van der Waals surface area contributed by atoms with Crippen LogP contribution in [0.15, 0.2) is 199 Å². The Morgan fingerprint density at radius 1 is 0.350 bits per heavy atom. The Balaban J connectivity index is 1.12. The van der Waals surface area contributed by atoms with Crippen LogP contribution >= 0.6 is 0 Å². The van der Waals surface area contributed by atoms with Gasteiger partial charge in [0, 0.05) is 32.5 Å². The molecule has 3 aromatic heterocycles. The van der Waals surface area contributed by atoms with Crippen molar-refractivity contribution in [1.29, 1.82) is 0 Å². The lowest BCUT2D eigenvalue weighted by molar-refractivity contribution is 0.670. The molecule has 0 amide bonds. The second kappa shape index (κ2) is 12.7. The molecule has 0 atom stereocenters. The van der Waals surface area contributed by atoms with Crippen molar-refractivity contribution in [2.45, 2.75) is 0 Å². The Hall–Kier alpha value is -8.15. The van der Waals surface area contributed by atoms with E-state index in [0.29, 0.717) is 17.6 Å². The molecule has 0 unspecified atom stereocenters. The largest absolute Gasteiger partial charge is 0.455 e. The maximum Gasteiger partial charge on any atom is 0.238 e. The number of aromatic nitrogens is 4. The van der Waals surface area contributed by atoms with Crippen LogP contribution in [0.2, 0.25) is 0 Å². The normalized spacial score (nSPS) is 12.0. The molecule has 0 N–H and O–H groups in total. The van der Waals surface area contributed by atoms with Crippen LogP contribution in [0.5, 0.6) is 0 Å². The van der Waals surface area contributed by atoms with Gasteiger partial charge in [0.1, 0.15) is 11.2 Å². The summed E-state index contributed by atoms with van der Waals surface area (Å²) in [4.78, 5) is 16.2. The van der Waals surface area contributed by atoms with E-state index in [0.717, 1.165) is 92.8 Å². The topological polar surface area (TPSA) is 56.7 Å². The van der Waals surface area contributed by atoms with Crippen molar-refractivity contribution < 1.29 is 4.42 Å². The van der Waals surface area contributed by atoms with Gasteiger partial charge in [0.15, 0.2) is 11.6 Å². The molecular formula is C55H32N4O. The highest BCUT2D eigenvalue weighted by molar-refractivity contribution is 6.20. The summed E-state index contributed by atoms with van der Waals surface area (Å²) in [6.07, 6.45) is 0. The van der Waals surface area contributed by atoms with E-state index in [1.54, 1.807) is 0 Å². The highest BCUT2D eigenvalue weighted by Crippen LogP contribution is 2.41. The number of hydrogen-bond donors (Lipinski definition) is 0. The molecule has 5 nitrogen and oxygen atoms in total. The van der Waals surface area contributed by atoms with Crippen LogP contribution < -0.4 is 0 Å². The number of rotatable bonds is 4. The van der Waals surface area contributed by atoms with Crippen molar-refractivity contribution in [3.05, 3.63) is 194 Å². The van der Waals surface area contributed by atoms with E-state index in [9.17, 15) is 0 Å². The van der Waals surface area contributed by atoms with Crippen LogP contribution in [0.25, 0.3) is 127 Å². The molecular weight excluding hydrogens is 733 g/mol. The second-order valence-corrected chi connectivity index (χ2v) is 15.6. The maximum absolute atomic E-state index is 6.77. The Bertz CT molecular complexity index is 3900. The minimum absolute atomic E-state index is 0.540. The molecule has 13 aromatic rings. The van der Waals surface area contributed by atoms with Crippen molar-refractivity contribution in [2.75, 3.05) is 0 Å². The smallest absolute Gasteiger partial charge is 0.238 e. The summed E-state index contributed by atoms with van der Waals surface area (Å²) in [6, 6.07) is 68.8. The molecule has 0 aliphatic rings. The summed E-state index contributed by atoms with van der Waals surface area (Å²) in [6.45, 7) is 0. The first kappa shape index (κ1) is 32.9. The third-order valence-corrected chi connectivity index (χ3v) is 12.2. The monoisotopic (exact) mass is 764 g/mol. The molecule has 0 bridgehead atoms. The first-order valence-corrected chi connectivity index (χ1v) is 20.3. The molecule has 0 saturated heterocycles. The molecule has 0 aliphatic heterocycles. The summed E-state index contributed by atoms with van der Waals surface area (Å²) >= 11 is 0. The standard InChI is InChI=1S/C55H32N4O/c1-2-11-33(12-3-1)40-23-21-34-22-24-41(28-42(34)27-40)53-56-54(46-20-10-19-45-48-30-37-15-5-7-17-39(37)32-50(48)60-52(45)46)58-55(57-53)59-49-31-38-16-6-4-14-36(38)29-47(49)44-26-25-35-13-8-9-18-43(35)51(44)59/h1-32H. The number of hydrogen-bond acceptors (Lipinski definition) is 4. The Labute approximate surface area is 343 Å². The molecule has 0 saturated carbocycles. The van der Waals surface area contributed by atoms with E-state index >= 15 is 0 Å². The predicted octanol–water partition coefficient (Wildman–Crippen LogP) is 14.5. The van der Waals surface area contributed by atoms with E-state index in [2.05, 4.69) is 199 Å². The lowest BCUT2D eigenvalue weighted by Gasteiger charge is -2.13. The molecule has 0 spiro atoms. The second-order valence-electron chi connectivity index (χ2n) is 15.6. The fourth-order valence-corrected chi connectivity index (χ4v) is 9.24. The lowest BCUT2D eigenvalue weighted by atomic mass is 10.00. The lowest BCUT2D eigenvalue weighted by Crippen LogP contribution is -2.06. The first-order chi connectivity index (χ1) is 29.7. The zero-order valence-electron chi connectivity index (χ0n) is 32.2. The SMILES string of the molecule is c1ccc(-c2ccc3ccc(-c4nc(-c5cccc6c5oc5cc7ccccc7cc56)nc(-n5c6cc7ccccc7cc6c6ccc7ccccc7c65)n4)cc3c2)cc1. The van der Waals surface area contributed by atoms with Crippen LogP contribution in [-0.4, -0.2) is 19.5 Å². The predicted molar refractivity (Wildman–Crippen MR) is 248 cm³/mol. The molecule has 0 radical (unpaired) electrons. The molecule has 10 aromatic carbocycles. The van der Waals surface area contributed by atoms with Gasteiger partial charge in [0.2, 0.25) is 5.95 Å². The Morgan fingerprint density at radius 2 is 0.983 bits per heavy atom. The molecule has 0 fully saturated rings. The van der Waals surface area contributed by atoms with Gasteiger partial charge in [-0.2, -0.15) is 9.97 Å². The fraction of sp³-hybridized carbons (Fsp3) is 0. The van der Waals surface area contributed by atoms with Crippen molar-refractivity contribution in [1.82, 2.24) is 19.5 Å². The van der Waals surface area contributed by atoms with Gasteiger partial charge in [0.05, 0.1) is 16.6 Å². The zero-order valence-corrected chi connectivity index (χ0v) is 32.2. The Kier molecular flexibility index (Phi) is 6.95. The highest BCUT2D eigenvalue weighted by Gasteiger charge is 2.22. The summed E-state index contributed by atoms with van der Waals surface area (Å²) in [7, 11) is 0. The summed E-state index contributed by atoms with van der Waals surface area (Å²) in [5, 5.41) is 13.5. The van der Waals surface area contributed by atoms with Crippen LogP contribution in [0.3, 0.4) is 0 Å². The van der Waals surface area contributed by atoms with Crippen molar-refractivity contribution in [3.8, 4) is 39.9 Å². The van der Waals surface area contributed by atoms with Crippen LogP contribution in [0, 0.1) is 0 Å². The van der Waals surface area contributed by atoms with Crippen molar-refractivity contribution in [2.24, 2.45) is 0 Å². The molecule has 3 heterocycles. The van der Waals surface area contributed by atoms with Crippen LogP contribution in [-0.2, 0) is 0 Å². The highest BCUT2D eigenvalue weighted by atomic mass is 16.3. The molecule has 5 heteroatoms.